The highest BCUT2D eigenvalue weighted by atomic mass is 16.4. The summed E-state index contributed by atoms with van der Waals surface area (Å²) in [5.41, 5.74) is 2.55. The van der Waals surface area contributed by atoms with Gasteiger partial charge in [0, 0.05) is 0 Å². The lowest BCUT2D eigenvalue weighted by Gasteiger charge is -2.68. The van der Waals surface area contributed by atoms with E-state index in [4.69, 9.17) is 0 Å². The zero-order chi connectivity index (χ0) is 24.2. The third-order valence-electron chi connectivity index (χ3n) is 12.9. The largest absolute Gasteiger partial charge is 0.481 e. The Balaban J connectivity index is 1.65. The van der Waals surface area contributed by atoms with Crippen molar-refractivity contribution in [2.24, 2.45) is 50.7 Å². The lowest BCUT2D eigenvalue weighted by molar-refractivity contribution is -0.181. The second-order valence-electron chi connectivity index (χ2n) is 14.0. The molecular formula is C30H46O3. The number of aliphatic hydroxyl groups excluding tert-OH is 1. The fraction of sp³-hybridized carbons (Fsp3) is 0.833. The van der Waals surface area contributed by atoms with Crippen LogP contribution in [0.25, 0.3) is 0 Å². The standard InChI is InChI=1S/C30H46O3/c1-18-10-13-26(3)16-17-28(5)20(24(26)19(18)2)8-9-21-27(4)14-12-23(31)30(7,25(32)33)22(27)11-15-29(21,28)6/h8-9,18-19,22-24,31H,10-17H2,1-7H3,(H,32,33). The number of carboxylic acids is 1. The monoisotopic (exact) mass is 454 g/mol. The summed E-state index contributed by atoms with van der Waals surface area (Å²) in [4.78, 5) is 12.5. The number of aliphatic carboxylic acids is 1. The first-order valence-corrected chi connectivity index (χ1v) is 13.6. The summed E-state index contributed by atoms with van der Waals surface area (Å²) in [6.07, 6.45) is 12.8. The molecule has 3 nitrogen and oxygen atoms in total. The summed E-state index contributed by atoms with van der Waals surface area (Å²) in [5.74, 6) is 1.28. The summed E-state index contributed by atoms with van der Waals surface area (Å²) < 4.78 is 0. The number of hydrogen-bond acceptors (Lipinski definition) is 2. The molecule has 5 aliphatic carbocycles. The van der Waals surface area contributed by atoms with E-state index in [0.29, 0.717) is 23.7 Å². The summed E-state index contributed by atoms with van der Waals surface area (Å²) in [5, 5.41) is 21.1. The van der Waals surface area contributed by atoms with Gasteiger partial charge in [0.2, 0.25) is 0 Å². The van der Waals surface area contributed by atoms with E-state index in [9.17, 15) is 15.0 Å². The quantitative estimate of drug-likeness (QED) is 0.448. The minimum Gasteiger partial charge on any atom is -0.481 e. The molecule has 10 unspecified atom stereocenters. The molecule has 0 bridgehead atoms. The Labute approximate surface area is 201 Å². The Morgan fingerprint density at radius 3 is 2.24 bits per heavy atom. The highest BCUT2D eigenvalue weighted by molar-refractivity contribution is 5.76. The zero-order valence-corrected chi connectivity index (χ0v) is 22.0. The van der Waals surface area contributed by atoms with Crippen LogP contribution in [-0.2, 0) is 4.79 Å². The number of hydrogen-bond donors (Lipinski definition) is 2. The summed E-state index contributed by atoms with van der Waals surface area (Å²) in [6, 6.07) is 0. The van der Waals surface area contributed by atoms with E-state index in [-0.39, 0.29) is 22.2 Å². The van der Waals surface area contributed by atoms with E-state index in [1.165, 1.54) is 31.3 Å². The molecule has 0 aromatic carbocycles. The van der Waals surface area contributed by atoms with Crippen molar-refractivity contribution in [1.29, 1.82) is 0 Å². The molecule has 33 heavy (non-hydrogen) atoms. The molecular weight excluding hydrogens is 408 g/mol. The summed E-state index contributed by atoms with van der Waals surface area (Å²) >= 11 is 0. The van der Waals surface area contributed by atoms with Crippen LogP contribution < -0.4 is 0 Å². The number of allylic oxidation sites excluding steroid dienone is 4. The van der Waals surface area contributed by atoms with Crippen molar-refractivity contribution in [1.82, 2.24) is 0 Å². The van der Waals surface area contributed by atoms with Crippen molar-refractivity contribution in [3.8, 4) is 0 Å². The van der Waals surface area contributed by atoms with E-state index in [1.807, 2.05) is 6.92 Å². The molecule has 0 saturated heterocycles. The van der Waals surface area contributed by atoms with Crippen LogP contribution in [0, 0.1) is 50.7 Å². The molecule has 184 valence electrons. The Morgan fingerprint density at radius 1 is 0.879 bits per heavy atom. The van der Waals surface area contributed by atoms with E-state index >= 15 is 0 Å². The van der Waals surface area contributed by atoms with Crippen molar-refractivity contribution < 1.29 is 15.0 Å². The molecule has 2 N–H and O–H groups in total. The molecule has 0 radical (unpaired) electrons. The van der Waals surface area contributed by atoms with Gasteiger partial charge in [-0.05, 0) is 104 Å². The SMILES string of the molecule is CC1CCC2(C)CCC3(C)C(=CC=C4C5(C)CCC(O)C(C)(C(=O)O)C5CCC43C)C2C1C. The number of fused-ring (bicyclic) bond motifs is 7. The molecule has 0 amide bonds. The third kappa shape index (κ3) is 2.69. The van der Waals surface area contributed by atoms with Crippen molar-refractivity contribution >= 4 is 5.97 Å². The lowest BCUT2D eigenvalue weighted by Crippen LogP contribution is -2.63. The van der Waals surface area contributed by atoms with Crippen LogP contribution in [0.2, 0.25) is 0 Å². The molecule has 0 aromatic rings. The third-order valence-corrected chi connectivity index (χ3v) is 12.9. The molecule has 0 aromatic heterocycles. The minimum atomic E-state index is -1.07. The summed E-state index contributed by atoms with van der Waals surface area (Å²) in [6.45, 7) is 16.7. The molecule has 10 atom stereocenters. The lowest BCUT2D eigenvalue weighted by atomic mass is 9.36. The van der Waals surface area contributed by atoms with Gasteiger partial charge in [0.1, 0.15) is 0 Å². The molecule has 0 spiro atoms. The summed E-state index contributed by atoms with van der Waals surface area (Å²) in [7, 11) is 0. The first-order valence-electron chi connectivity index (χ1n) is 13.6. The number of rotatable bonds is 1. The van der Waals surface area contributed by atoms with Crippen LogP contribution in [-0.4, -0.2) is 22.3 Å². The van der Waals surface area contributed by atoms with Gasteiger partial charge < -0.3 is 10.2 Å². The van der Waals surface area contributed by atoms with Crippen LogP contribution in [0.1, 0.15) is 99.8 Å². The van der Waals surface area contributed by atoms with E-state index in [1.54, 1.807) is 5.57 Å². The van der Waals surface area contributed by atoms with Gasteiger partial charge in [0.15, 0.2) is 0 Å². The first kappa shape index (κ1) is 23.6. The number of carboxylic acid groups (broad SMARTS) is 1. The number of aliphatic hydroxyl groups is 1. The fourth-order valence-corrected chi connectivity index (χ4v) is 10.1. The predicted molar refractivity (Wildman–Crippen MR) is 133 cm³/mol. The number of carbonyl (C=O) groups is 1. The van der Waals surface area contributed by atoms with Crippen molar-refractivity contribution in [3.05, 3.63) is 23.3 Å². The van der Waals surface area contributed by atoms with Gasteiger partial charge in [0.05, 0.1) is 11.5 Å². The molecule has 0 aliphatic heterocycles. The van der Waals surface area contributed by atoms with Crippen molar-refractivity contribution in [2.75, 3.05) is 0 Å². The topological polar surface area (TPSA) is 57.5 Å². The van der Waals surface area contributed by atoms with Gasteiger partial charge in [-0.3, -0.25) is 4.79 Å². The van der Waals surface area contributed by atoms with E-state index < -0.39 is 17.5 Å². The second-order valence-corrected chi connectivity index (χ2v) is 14.0. The van der Waals surface area contributed by atoms with E-state index in [0.717, 1.165) is 25.2 Å². The van der Waals surface area contributed by atoms with E-state index in [2.05, 4.69) is 53.7 Å². The Hall–Kier alpha value is -1.09. The smallest absolute Gasteiger partial charge is 0.312 e. The molecule has 3 heteroatoms. The fourth-order valence-electron chi connectivity index (χ4n) is 10.1. The van der Waals surface area contributed by atoms with Crippen LogP contribution >= 0.6 is 0 Å². The molecule has 4 saturated carbocycles. The van der Waals surface area contributed by atoms with Gasteiger partial charge in [0.25, 0.3) is 0 Å². The van der Waals surface area contributed by atoms with Crippen LogP contribution in [0.4, 0.5) is 0 Å². The first-order chi connectivity index (χ1) is 15.3. The van der Waals surface area contributed by atoms with Crippen molar-refractivity contribution in [2.45, 2.75) is 106 Å². The Bertz CT molecular complexity index is 933. The highest BCUT2D eigenvalue weighted by Crippen LogP contribution is 2.74. The molecule has 5 aliphatic rings. The highest BCUT2D eigenvalue weighted by Gasteiger charge is 2.67. The Morgan fingerprint density at radius 2 is 1.58 bits per heavy atom. The molecule has 0 heterocycles. The van der Waals surface area contributed by atoms with Crippen LogP contribution in [0.3, 0.4) is 0 Å². The molecule has 4 fully saturated rings. The maximum atomic E-state index is 12.5. The van der Waals surface area contributed by atoms with Gasteiger partial charge in [-0.15, -0.1) is 0 Å². The maximum Gasteiger partial charge on any atom is 0.312 e. The van der Waals surface area contributed by atoms with Gasteiger partial charge in [-0.25, -0.2) is 0 Å². The average molecular weight is 455 g/mol. The van der Waals surface area contributed by atoms with Crippen LogP contribution in [0.15, 0.2) is 23.3 Å². The van der Waals surface area contributed by atoms with Gasteiger partial charge >= 0.3 is 5.97 Å². The maximum absolute atomic E-state index is 12.5. The minimum absolute atomic E-state index is 0.0217. The zero-order valence-electron chi connectivity index (χ0n) is 22.0. The normalized spacial score (nSPS) is 55.8. The van der Waals surface area contributed by atoms with Gasteiger partial charge in [-0.1, -0.05) is 64.8 Å². The predicted octanol–water partition coefficient (Wildman–Crippen LogP) is 7.01. The Kier molecular flexibility index (Phi) is 5.01. The molecule has 5 rings (SSSR count). The van der Waals surface area contributed by atoms with Crippen LogP contribution in [0.5, 0.6) is 0 Å². The van der Waals surface area contributed by atoms with Crippen molar-refractivity contribution in [3.63, 3.8) is 0 Å². The second kappa shape index (κ2) is 6.99. The average Bonchev–Trinajstić information content (AvgIpc) is 2.75. The van der Waals surface area contributed by atoms with Gasteiger partial charge in [-0.2, -0.15) is 0 Å².